The maximum absolute atomic E-state index is 12.3. The quantitative estimate of drug-likeness (QED) is 0.823. The molecular formula is C19H21BrN2O2. The van der Waals surface area contributed by atoms with Crippen LogP contribution in [0.2, 0.25) is 0 Å². The van der Waals surface area contributed by atoms with Gasteiger partial charge in [-0.05, 0) is 71.7 Å². The molecule has 2 aromatic carbocycles. The molecule has 1 aliphatic heterocycles. The van der Waals surface area contributed by atoms with E-state index < -0.39 is 0 Å². The molecule has 0 aliphatic carbocycles. The Labute approximate surface area is 150 Å². The van der Waals surface area contributed by atoms with Crippen molar-refractivity contribution in [3.8, 4) is 5.75 Å². The predicted octanol–water partition coefficient (Wildman–Crippen LogP) is 3.51. The summed E-state index contributed by atoms with van der Waals surface area (Å²) in [6.07, 6.45) is 1.98. The van der Waals surface area contributed by atoms with Crippen molar-refractivity contribution in [3.05, 3.63) is 64.1 Å². The average molecular weight is 389 g/mol. The average Bonchev–Trinajstić information content (AvgIpc) is 2.62. The lowest BCUT2D eigenvalue weighted by molar-refractivity contribution is 0.0929. The van der Waals surface area contributed by atoms with Crippen molar-refractivity contribution >= 4 is 21.8 Å². The van der Waals surface area contributed by atoms with E-state index in [-0.39, 0.29) is 11.9 Å². The number of hydrogen-bond donors (Lipinski definition) is 2. The molecule has 0 bridgehead atoms. The number of benzene rings is 2. The van der Waals surface area contributed by atoms with Crippen molar-refractivity contribution in [2.45, 2.75) is 25.5 Å². The Bertz CT molecular complexity index is 682. The molecule has 1 aliphatic rings. The van der Waals surface area contributed by atoms with Crippen molar-refractivity contribution in [1.82, 2.24) is 10.6 Å². The summed E-state index contributed by atoms with van der Waals surface area (Å²) in [5.74, 6) is 0.811. The lowest BCUT2D eigenvalue weighted by Gasteiger charge is -2.23. The monoisotopic (exact) mass is 388 g/mol. The molecule has 0 saturated carbocycles. The highest BCUT2D eigenvalue weighted by atomic mass is 79.9. The van der Waals surface area contributed by atoms with Crippen LogP contribution in [-0.4, -0.2) is 25.0 Å². The molecule has 3 rings (SSSR count). The highest BCUT2D eigenvalue weighted by Crippen LogP contribution is 2.24. The van der Waals surface area contributed by atoms with Crippen molar-refractivity contribution in [2.75, 3.05) is 13.1 Å². The summed E-state index contributed by atoms with van der Waals surface area (Å²) < 4.78 is 6.72. The van der Waals surface area contributed by atoms with Gasteiger partial charge in [0, 0.05) is 11.6 Å². The van der Waals surface area contributed by atoms with E-state index in [4.69, 9.17) is 4.74 Å². The summed E-state index contributed by atoms with van der Waals surface area (Å²) in [6, 6.07) is 15.6. The fraction of sp³-hybridized carbons (Fsp3) is 0.316. The molecule has 1 saturated heterocycles. The van der Waals surface area contributed by atoms with Crippen molar-refractivity contribution in [3.63, 3.8) is 0 Å². The lowest BCUT2D eigenvalue weighted by atomic mass is 10.1. The fourth-order valence-electron chi connectivity index (χ4n) is 2.71. The summed E-state index contributed by atoms with van der Waals surface area (Å²) in [5, 5.41) is 6.40. The zero-order chi connectivity index (χ0) is 16.8. The van der Waals surface area contributed by atoms with E-state index in [1.807, 2.05) is 48.5 Å². The molecule has 4 nitrogen and oxygen atoms in total. The zero-order valence-corrected chi connectivity index (χ0v) is 15.0. The molecule has 1 amide bonds. The van der Waals surface area contributed by atoms with Crippen LogP contribution < -0.4 is 15.4 Å². The van der Waals surface area contributed by atoms with E-state index in [1.165, 1.54) is 0 Å². The molecule has 0 spiro atoms. The Hall–Kier alpha value is -1.85. The second-order valence-electron chi connectivity index (χ2n) is 5.91. The summed E-state index contributed by atoms with van der Waals surface area (Å²) in [4.78, 5) is 12.3. The molecule has 0 radical (unpaired) electrons. The van der Waals surface area contributed by atoms with Gasteiger partial charge in [0.25, 0.3) is 5.91 Å². The number of halogens is 1. The molecule has 2 aromatic rings. The zero-order valence-electron chi connectivity index (χ0n) is 13.4. The highest BCUT2D eigenvalue weighted by molar-refractivity contribution is 9.10. The third-order valence-electron chi connectivity index (χ3n) is 4.12. The number of amides is 1. The van der Waals surface area contributed by atoms with E-state index in [2.05, 4.69) is 26.6 Å². The summed E-state index contributed by atoms with van der Waals surface area (Å²) in [7, 11) is 0. The molecule has 0 aromatic heterocycles. The van der Waals surface area contributed by atoms with Crippen LogP contribution in [0.5, 0.6) is 5.75 Å². The van der Waals surface area contributed by atoms with Crippen molar-refractivity contribution < 1.29 is 9.53 Å². The number of carbonyl (C=O) groups is 1. The van der Waals surface area contributed by atoms with E-state index >= 15 is 0 Å². The van der Waals surface area contributed by atoms with Crippen LogP contribution in [0, 0.1) is 0 Å². The number of piperidine rings is 1. The number of hydrogen-bond acceptors (Lipinski definition) is 3. The van der Waals surface area contributed by atoms with Crippen molar-refractivity contribution in [1.29, 1.82) is 0 Å². The Morgan fingerprint density at radius 1 is 1.12 bits per heavy atom. The molecular weight excluding hydrogens is 368 g/mol. The predicted molar refractivity (Wildman–Crippen MR) is 98.3 cm³/mol. The minimum atomic E-state index is 0.000159. The Morgan fingerprint density at radius 2 is 1.83 bits per heavy atom. The smallest absolute Gasteiger partial charge is 0.251 e. The number of para-hydroxylation sites is 1. The molecule has 1 fully saturated rings. The van der Waals surface area contributed by atoms with Crippen LogP contribution in [-0.2, 0) is 6.61 Å². The van der Waals surface area contributed by atoms with Crippen molar-refractivity contribution in [2.24, 2.45) is 0 Å². The summed E-state index contributed by atoms with van der Waals surface area (Å²) >= 11 is 3.47. The van der Waals surface area contributed by atoms with Gasteiger partial charge in [0.05, 0.1) is 4.47 Å². The van der Waals surface area contributed by atoms with Gasteiger partial charge in [-0.1, -0.05) is 24.3 Å². The normalized spacial score (nSPS) is 15.0. The van der Waals surface area contributed by atoms with Crippen LogP contribution in [0.25, 0.3) is 0 Å². The fourth-order valence-corrected chi connectivity index (χ4v) is 3.11. The molecule has 24 heavy (non-hydrogen) atoms. The Balaban J connectivity index is 1.54. The number of carbonyl (C=O) groups excluding carboxylic acids is 1. The first-order valence-electron chi connectivity index (χ1n) is 8.20. The summed E-state index contributed by atoms with van der Waals surface area (Å²) in [6.45, 7) is 2.41. The molecule has 1 heterocycles. The van der Waals surface area contributed by atoms with Gasteiger partial charge in [-0.25, -0.2) is 0 Å². The van der Waals surface area contributed by atoms with Crippen LogP contribution in [0.15, 0.2) is 53.0 Å². The van der Waals surface area contributed by atoms with Gasteiger partial charge in [0.1, 0.15) is 12.4 Å². The number of ether oxygens (including phenoxy) is 1. The first kappa shape index (κ1) is 17.0. The second kappa shape index (κ2) is 8.31. The van der Waals surface area contributed by atoms with Gasteiger partial charge in [-0.2, -0.15) is 0 Å². The minimum Gasteiger partial charge on any atom is -0.488 e. The van der Waals surface area contributed by atoms with Gasteiger partial charge in [0.15, 0.2) is 0 Å². The number of rotatable bonds is 5. The van der Waals surface area contributed by atoms with Gasteiger partial charge in [-0.15, -0.1) is 0 Å². The van der Waals surface area contributed by atoms with Crippen LogP contribution in [0.3, 0.4) is 0 Å². The van der Waals surface area contributed by atoms with Crippen LogP contribution >= 0.6 is 15.9 Å². The first-order chi connectivity index (χ1) is 11.7. The van der Waals surface area contributed by atoms with E-state index in [1.54, 1.807) is 0 Å². The van der Waals surface area contributed by atoms with E-state index in [0.29, 0.717) is 12.2 Å². The topological polar surface area (TPSA) is 50.4 Å². The highest BCUT2D eigenvalue weighted by Gasteiger charge is 2.16. The molecule has 0 atom stereocenters. The molecule has 2 N–H and O–H groups in total. The largest absolute Gasteiger partial charge is 0.488 e. The molecule has 126 valence electrons. The van der Waals surface area contributed by atoms with E-state index in [9.17, 15) is 4.79 Å². The van der Waals surface area contributed by atoms with Gasteiger partial charge in [-0.3, -0.25) is 4.79 Å². The van der Waals surface area contributed by atoms with E-state index in [0.717, 1.165) is 41.7 Å². The lowest BCUT2D eigenvalue weighted by Crippen LogP contribution is -2.42. The van der Waals surface area contributed by atoms with Gasteiger partial charge < -0.3 is 15.4 Å². The summed E-state index contributed by atoms with van der Waals surface area (Å²) in [5.41, 5.74) is 1.72. The van der Waals surface area contributed by atoms with Gasteiger partial charge >= 0.3 is 0 Å². The Kier molecular flexibility index (Phi) is 5.88. The first-order valence-corrected chi connectivity index (χ1v) is 8.99. The molecule has 5 heteroatoms. The third-order valence-corrected chi connectivity index (χ3v) is 4.78. The maximum Gasteiger partial charge on any atom is 0.251 e. The van der Waals surface area contributed by atoms with Crippen LogP contribution in [0.4, 0.5) is 0 Å². The minimum absolute atomic E-state index is 0.000159. The van der Waals surface area contributed by atoms with Crippen LogP contribution in [0.1, 0.15) is 28.8 Å². The Morgan fingerprint density at radius 3 is 2.54 bits per heavy atom. The third kappa shape index (κ3) is 4.58. The standard InChI is InChI=1S/C19H21BrN2O2/c20-17-3-1-2-4-18(17)24-13-14-5-7-15(8-6-14)19(23)22-16-9-11-21-12-10-16/h1-8,16,21H,9-13H2,(H,22,23). The maximum atomic E-state index is 12.3. The second-order valence-corrected chi connectivity index (χ2v) is 6.77. The molecule has 0 unspecified atom stereocenters. The SMILES string of the molecule is O=C(NC1CCNCC1)c1ccc(COc2ccccc2Br)cc1. The number of nitrogens with one attached hydrogen (secondary N) is 2. The van der Waals surface area contributed by atoms with Gasteiger partial charge in [0.2, 0.25) is 0 Å².